The third-order valence-electron chi connectivity index (χ3n) is 4.17. The lowest BCUT2D eigenvalue weighted by molar-refractivity contribution is -0.118. The Morgan fingerprint density at radius 3 is 2.68 bits per heavy atom. The van der Waals surface area contributed by atoms with Gasteiger partial charge in [0.2, 0.25) is 5.91 Å². The Kier molecular flexibility index (Phi) is 6.44. The lowest BCUT2D eigenvalue weighted by Crippen LogP contribution is -2.45. The average Bonchev–Trinajstić information content (AvgIpc) is 3.07. The number of halogens is 2. The van der Waals surface area contributed by atoms with Gasteiger partial charge in [0.15, 0.2) is 0 Å². The Bertz CT molecular complexity index is 1000. The van der Waals surface area contributed by atoms with Gasteiger partial charge in [0.05, 0.1) is 16.7 Å². The summed E-state index contributed by atoms with van der Waals surface area (Å²) in [5, 5.41) is 7.08. The van der Waals surface area contributed by atoms with Crippen molar-refractivity contribution in [1.29, 1.82) is 0 Å². The first-order valence-corrected chi connectivity index (χ1v) is 9.47. The molecule has 0 aliphatic heterocycles. The van der Waals surface area contributed by atoms with Crippen molar-refractivity contribution in [3.63, 3.8) is 0 Å². The van der Waals surface area contributed by atoms with Crippen molar-refractivity contribution in [1.82, 2.24) is 10.3 Å². The van der Waals surface area contributed by atoms with Gasteiger partial charge in [0.25, 0.3) is 0 Å². The van der Waals surface area contributed by atoms with E-state index in [4.69, 9.17) is 27.9 Å². The molecular formula is C20H19Cl2N3O3. The van der Waals surface area contributed by atoms with Crippen LogP contribution in [0, 0.1) is 0 Å². The molecule has 1 heterocycles. The molecule has 0 bridgehead atoms. The molecule has 3 rings (SSSR count). The number of ether oxygens (including phenoxy) is 1. The summed E-state index contributed by atoms with van der Waals surface area (Å²) in [6, 6.07) is 11.7. The predicted molar refractivity (Wildman–Crippen MR) is 111 cm³/mol. The summed E-state index contributed by atoms with van der Waals surface area (Å²) >= 11 is 11.9. The lowest BCUT2D eigenvalue weighted by atomic mass is 10.0. The molecule has 28 heavy (non-hydrogen) atoms. The second kappa shape index (κ2) is 8.99. The number of para-hydroxylation sites is 1. The fraction of sp³-hybridized carbons (Fsp3) is 0.200. The number of amides is 2. The van der Waals surface area contributed by atoms with E-state index in [9.17, 15) is 9.59 Å². The van der Waals surface area contributed by atoms with Crippen LogP contribution in [0.1, 0.15) is 12.5 Å². The predicted octanol–water partition coefficient (Wildman–Crippen LogP) is 4.77. The quantitative estimate of drug-likeness (QED) is 0.537. The largest absolute Gasteiger partial charge is 0.450 e. The fourth-order valence-electron chi connectivity index (χ4n) is 2.85. The molecule has 0 fully saturated rings. The first kappa shape index (κ1) is 20.0. The molecule has 0 spiro atoms. The molecule has 6 nitrogen and oxygen atoms in total. The first-order valence-electron chi connectivity index (χ1n) is 8.72. The van der Waals surface area contributed by atoms with Gasteiger partial charge < -0.3 is 20.4 Å². The Hall–Kier alpha value is -2.70. The number of hydrogen-bond donors (Lipinski definition) is 3. The first-order chi connectivity index (χ1) is 13.5. The van der Waals surface area contributed by atoms with Crippen molar-refractivity contribution in [3.05, 3.63) is 64.3 Å². The Morgan fingerprint density at radius 2 is 1.93 bits per heavy atom. The summed E-state index contributed by atoms with van der Waals surface area (Å²) in [6.45, 7) is 1.91. The van der Waals surface area contributed by atoms with Crippen LogP contribution < -0.4 is 10.6 Å². The molecule has 2 aromatic carbocycles. The van der Waals surface area contributed by atoms with E-state index >= 15 is 0 Å². The highest BCUT2D eigenvalue weighted by Crippen LogP contribution is 2.25. The van der Waals surface area contributed by atoms with Crippen LogP contribution in [0.15, 0.2) is 48.7 Å². The number of H-pyrrole nitrogens is 1. The third-order valence-corrected chi connectivity index (χ3v) is 4.91. The van der Waals surface area contributed by atoms with Gasteiger partial charge in [-0.25, -0.2) is 4.79 Å². The van der Waals surface area contributed by atoms with Gasteiger partial charge >= 0.3 is 6.09 Å². The maximum Gasteiger partial charge on any atom is 0.407 e. The van der Waals surface area contributed by atoms with Gasteiger partial charge in [0, 0.05) is 29.2 Å². The van der Waals surface area contributed by atoms with E-state index in [0.717, 1.165) is 16.5 Å². The van der Waals surface area contributed by atoms with Gasteiger partial charge in [-0.2, -0.15) is 0 Å². The number of nitrogens with one attached hydrogen (secondary N) is 3. The van der Waals surface area contributed by atoms with E-state index < -0.39 is 18.0 Å². The molecule has 8 heteroatoms. The Labute approximate surface area is 172 Å². The van der Waals surface area contributed by atoms with Crippen LogP contribution in [0.3, 0.4) is 0 Å². The number of aromatic amines is 1. The highest BCUT2D eigenvalue weighted by molar-refractivity contribution is 6.42. The van der Waals surface area contributed by atoms with Crippen LogP contribution >= 0.6 is 23.2 Å². The standard InChI is InChI=1S/C20H19Cl2N3O3/c1-2-28-20(27)25-18(9-12-11-23-17-6-4-3-5-14(12)17)19(26)24-13-7-8-15(21)16(22)10-13/h3-8,10-11,18,23H,2,9H2,1H3,(H,24,26)(H,25,27)/t18-/m1/s1. The summed E-state index contributed by atoms with van der Waals surface area (Å²) in [4.78, 5) is 28.0. The summed E-state index contributed by atoms with van der Waals surface area (Å²) in [5.74, 6) is -0.392. The van der Waals surface area contributed by atoms with Crippen LogP contribution in [-0.2, 0) is 16.0 Å². The number of carbonyl (C=O) groups is 2. The van der Waals surface area contributed by atoms with Crippen molar-refractivity contribution < 1.29 is 14.3 Å². The number of fused-ring (bicyclic) bond motifs is 1. The van der Waals surface area contributed by atoms with E-state index in [0.29, 0.717) is 15.7 Å². The molecule has 0 unspecified atom stereocenters. The molecule has 1 aromatic heterocycles. The van der Waals surface area contributed by atoms with Gasteiger partial charge in [-0.05, 0) is 36.8 Å². The van der Waals surface area contributed by atoms with E-state index in [-0.39, 0.29) is 13.0 Å². The second-order valence-electron chi connectivity index (χ2n) is 6.10. The minimum atomic E-state index is -0.840. The Balaban J connectivity index is 1.82. The number of anilines is 1. The highest BCUT2D eigenvalue weighted by atomic mass is 35.5. The van der Waals surface area contributed by atoms with E-state index in [1.807, 2.05) is 30.5 Å². The van der Waals surface area contributed by atoms with E-state index in [2.05, 4.69) is 15.6 Å². The molecule has 2 amide bonds. The average molecular weight is 420 g/mol. The molecule has 0 saturated heterocycles. The van der Waals surface area contributed by atoms with Gasteiger partial charge in [-0.1, -0.05) is 41.4 Å². The van der Waals surface area contributed by atoms with Crippen molar-refractivity contribution >= 4 is 51.8 Å². The number of alkyl carbamates (subject to hydrolysis) is 1. The number of hydrogen-bond acceptors (Lipinski definition) is 3. The molecule has 3 N–H and O–H groups in total. The van der Waals surface area contributed by atoms with Gasteiger partial charge in [0.1, 0.15) is 6.04 Å². The minimum absolute atomic E-state index is 0.208. The summed E-state index contributed by atoms with van der Waals surface area (Å²) in [6.07, 6.45) is 1.46. The zero-order chi connectivity index (χ0) is 20.1. The third kappa shape index (κ3) is 4.77. The van der Waals surface area contributed by atoms with Crippen molar-refractivity contribution in [3.8, 4) is 0 Å². The molecule has 0 aliphatic rings. The molecule has 0 aliphatic carbocycles. The molecule has 0 radical (unpaired) electrons. The molecule has 146 valence electrons. The second-order valence-corrected chi connectivity index (χ2v) is 6.91. The van der Waals surface area contributed by atoms with Crippen molar-refractivity contribution in [2.75, 3.05) is 11.9 Å². The minimum Gasteiger partial charge on any atom is -0.450 e. The van der Waals surface area contributed by atoms with Gasteiger partial charge in [-0.3, -0.25) is 4.79 Å². The number of carbonyl (C=O) groups excluding carboxylic acids is 2. The summed E-state index contributed by atoms with van der Waals surface area (Å²) in [7, 11) is 0. The van der Waals surface area contributed by atoms with Crippen LogP contribution in [0.5, 0.6) is 0 Å². The van der Waals surface area contributed by atoms with Gasteiger partial charge in [-0.15, -0.1) is 0 Å². The monoisotopic (exact) mass is 419 g/mol. The van der Waals surface area contributed by atoms with Crippen LogP contribution in [0.4, 0.5) is 10.5 Å². The normalized spacial score (nSPS) is 11.8. The van der Waals surface area contributed by atoms with Crippen LogP contribution in [0.2, 0.25) is 10.0 Å². The lowest BCUT2D eigenvalue weighted by Gasteiger charge is -2.18. The van der Waals surface area contributed by atoms with Crippen molar-refractivity contribution in [2.24, 2.45) is 0 Å². The summed E-state index contributed by atoms with van der Waals surface area (Å²) < 4.78 is 4.94. The van der Waals surface area contributed by atoms with E-state index in [1.54, 1.807) is 25.1 Å². The number of rotatable bonds is 6. The molecule has 0 saturated carbocycles. The number of benzene rings is 2. The number of aromatic nitrogens is 1. The summed E-state index contributed by atoms with van der Waals surface area (Å²) in [5.41, 5.74) is 2.34. The zero-order valence-corrected chi connectivity index (χ0v) is 16.6. The van der Waals surface area contributed by atoms with Crippen LogP contribution in [0.25, 0.3) is 10.9 Å². The van der Waals surface area contributed by atoms with Crippen molar-refractivity contribution in [2.45, 2.75) is 19.4 Å². The molecule has 1 atom stereocenters. The topological polar surface area (TPSA) is 83.2 Å². The highest BCUT2D eigenvalue weighted by Gasteiger charge is 2.23. The maximum absolute atomic E-state index is 12.8. The molecular weight excluding hydrogens is 401 g/mol. The van der Waals surface area contributed by atoms with E-state index in [1.165, 1.54) is 0 Å². The maximum atomic E-state index is 12.8. The fourth-order valence-corrected chi connectivity index (χ4v) is 3.15. The Morgan fingerprint density at radius 1 is 1.14 bits per heavy atom. The smallest absolute Gasteiger partial charge is 0.407 e. The molecule has 3 aromatic rings. The zero-order valence-electron chi connectivity index (χ0n) is 15.1. The SMILES string of the molecule is CCOC(=O)N[C@H](Cc1c[nH]c2ccccc12)C(=O)Nc1ccc(Cl)c(Cl)c1. The van der Waals surface area contributed by atoms with Crippen LogP contribution in [-0.4, -0.2) is 29.6 Å².